The van der Waals surface area contributed by atoms with E-state index in [-0.39, 0.29) is 5.75 Å². The molecule has 0 aromatic heterocycles. The van der Waals surface area contributed by atoms with Crippen molar-refractivity contribution in [3.63, 3.8) is 0 Å². The van der Waals surface area contributed by atoms with Crippen LogP contribution >= 0.6 is 0 Å². The molecule has 4 nitrogen and oxygen atoms in total. The minimum Gasteiger partial charge on any atom is -0.502 e. The molecular weight excluding hydrogens is 254 g/mol. The highest BCUT2D eigenvalue weighted by Crippen LogP contribution is 2.37. The average molecular weight is 273 g/mol. The molecule has 0 aliphatic heterocycles. The van der Waals surface area contributed by atoms with Crippen molar-refractivity contribution in [1.29, 1.82) is 0 Å². The van der Waals surface area contributed by atoms with Crippen LogP contribution in [0.2, 0.25) is 0 Å². The highest BCUT2D eigenvalue weighted by molar-refractivity contribution is 5.54. The third-order valence-corrected chi connectivity index (χ3v) is 3.05. The zero-order valence-corrected chi connectivity index (χ0v) is 11.9. The Hall–Kier alpha value is -2.36. The van der Waals surface area contributed by atoms with E-state index in [9.17, 15) is 5.11 Å². The summed E-state index contributed by atoms with van der Waals surface area (Å²) in [5, 5.41) is 13.2. The van der Waals surface area contributed by atoms with E-state index in [0.29, 0.717) is 18.0 Å². The van der Waals surface area contributed by atoms with Crippen molar-refractivity contribution in [2.45, 2.75) is 13.5 Å². The summed E-state index contributed by atoms with van der Waals surface area (Å²) in [5.41, 5.74) is 3.23. The second-order valence-corrected chi connectivity index (χ2v) is 4.57. The van der Waals surface area contributed by atoms with Gasteiger partial charge in [-0.25, -0.2) is 0 Å². The Kier molecular flexibility index (Phi) is 4.35. The molecule has 0 unspecified atom stereocenters. The molecule has 0 aliphatic carbocycles. The van der Waals surface area contributed by atoms with E-state index in [4.69, 9.17) is 9.47 Å². The molecule has 0 atom stereocenters. The van der Waals surface area contributed by atoms with E-state index in [0.717, 1.165) is 11.3 Å². The van der Waals surface area contributed by atoms with Crippen LogP contribution in [-0.2, 0) is 6.54 Å². The number of hydrogen-bond acceptors (Lipinski definition) is 4. The number of benzene rings is 2. The number of nitrogens with one attached hydrogen (secondary N) is 1. The third kappa shape index (κ3) is 3.15. The lowest BCUT2D eigenvalue weighted by molar-refractivity contribution is 0.339. The predicted molar refractivity (Wildman–Crippen MR) is 79.7 cm³/mol. The first kappa shape index (κ1) is 14.1. The Morgan fingerprint density at radius 2 is 1.70 bits per heavy atom. The molecule has 0 fully saturated rings. The third-order valence-electron chi connectivity index (χ3n) is 3.05. The monoisotopic (exact) mass is 273 g/mol. The number of phenols is 1. The van der Waals surface area contributed by atoms with Crippen LogP contribution in [0.15, 0.2) is 36.4 Å². The largest absolute Gasteiger partial charge is 0.502 e. The summed E-state index contributed by atoms with van der Waals surface area (Å²) < 4.78 is 10.3. The molecular formula is C16H19NO3. The predicted octanol–water partition coefficient (Wildman–Crippen LogP) is 3.33. The Morgan fingerprint density at radius 1 is 1.05 bits per heavy atom. The molecule has 20 heavy (non-hydrogen) atoms. The number of anilines is 1. The highest BCUT2D eigenvalue weighted by Gasteiger charge is 2.10. The zero-order chi connectivity index (χ0) is 14.5. The molecule has 0 aliphatic rings. The van der Waals surface area contributed by atoms with Crippen molar-refractivity contribution in [1.82, 2.24) is 0 Å². The summed E-state index contributed by atoms with van der Waals surface area (Å²) in [6.07, 6.45) is 0. The van der Waals surface area contributed by atoms with Gasteiger partial charge in [-0.15, -0.1) is 0 Å². The van der Waals surface area contributed by atoms with E-state index in [1.807, 2.05) is 12.1 Å². The molecule has 2 rings (SSSR count). The van der Waals surface area contributed by atoms with Crippen LogP contribution < -0.4 is 14.8 Å². The number of methoxy groups -OCH3 is 2. The maximum absolute atomic E-state index is 9.86. The lowest BCUT2D eigenvalue weighted by Gasteiger charge is -2.12. The lowest BCUT2D eigenvalue weighted by atomic mass is 10.1. The van der Waals surface area contributed by atoms with Gasteiger partial charge in [0.2, 0.25) is 5.75 Å². The van der Waals surface area contributed by atoms with Crippen LogP contribution in [0.4, 0.5) is 5.69 Å². The Balaban J connectivity index is 2.17. The fraction of sp³-hybridized carbons (Fsp3) is 0.250. The van der Waals surface area contributed by atoms with Gasteiger partial charge < -0.3 is 19.9 Å². The lowest BCUT2D eigenvalue weighted by Crippen LogP contribution is -2.01. The fourth-order valence-corrected chi connectivity index (χ4v) is 2.01. The smallest absolute Gasteiger partial charge is 0.200 e. The minimum atomic E-state index is 0.0225. The van der Waals surface area contributed by atoms with Crippen LogP contribution in [-0.4, -0.2) is 19.3 Å². The van der Waals surface area contributed by atoms with E-state index in [1.165, 1.54) is 19.8 Å². The molecule has 0 spiro atoms. The van der Waals surface area contributed by atoms with Gasteiger partial charge in [-0.1, -0.05) is 12.1 Å². The molecule has 0 amide bonds. The van der Waals surface area contributed by atoms with Gasteiger partial charge in [0.05, 0.1) is 14.2 Å². The summed E-state index contributed by atoms with van der Waals surface area (Å²) in [4.78, 5) is 0. The number of hydrogen-bond donors (Lipinski definition) is 2. The minimum absolute atomic E-state index is 0.0225. The van der Waals surface area contributed by atoms with Crippen LogP contribution in [0.3, 0.4) is 0 Å². The quantitative estimate of drug-likeness (QED) is 0.877. The van der Waals surface area contributed by atoms with Crippen LogP contribution in [0.5, 0.6) is 17.2 Å². The standard InChI is InChI=1S/C16H19NO3/c1-11-5-4-6-13(7-11)17-10-12-8-14(19-2)16(18)15(9-12)20-3/h4-9,17-18H,10H2,1-3H3. The number of aromatic hydroxyl groups is 1. The van der Waals surface area contributed by atoms with Crippen LogP contribution in [0.1, 0.15) is 11.1 Å². The zero-order valence-electron chi connectivity index (χ0n) is 11.9. The summed E-state index contributed by atoms with van der Waals surface area (Å²) in [6.45, 7) is 2.67. The van der Waals surface area contributed by atoms with Gasteiger partial charge in [0.25, 0.3) is 0 Å². The first-order valence-electron chi connectivity index (χ1n) is 6.38. The van der Waals surface area contributed by atoms with E-state index in [2.05, 4.69) is 24.4 Å². The number of rotatable bonds is 5. The van der Waals surface area contributed by atoms with E-state index < -0.39 is 0 Å². The van der Waals surface area contributed by atoms with Gasteiger partial charge in [0, 0.05) is 12.2 Å². The van der Waals surface area contributed by atoms with Crippen molar-refractivity contribution in [3.05, 3.63) is 47.5 Å². The Bertz CT molecular complexity index is 571. The van der Waals surface area contributed by atoms with Crippen LogP contribution in [0.25, 0.3) is 0 Å². The van der Waals surface area contributed by atoms with Crippen molar-refractivity contribution < 1.29 is 14.6 Å². The maximum Gasteiger partial charge on any atom is 0.200 e. The average Bonchev–Trinajstić information content (AvgIpc) is 2.46. The summed E-state index contributed by atoms with van der Waals surface area (Å²) in [6, 6.07) is 11.7. The van der Waals surface area contributed by atoms with Crippen LogP contribution in [0, 0.1) is 6.92 Å². The van der Waals surface area contributed by atoms with Gasteiger partial charge in [-0.2, -0.15) is 0 Å². The molecule has 2 aromatic rings. The first-order valence-corrected chi connectivity index (χ1v) is 6.38. The molecule has 0 heterocycles. The number of phenolic OH excluding ortho intramolecular Hbond substituents is 1. The van der Waals surface area contributed by atoms with Crippen molar-refractivity contribution in [2.75, 3.05) is 19.5 Å². The Labute approximate surface area is 119 Å². The second-order valence-electron chi connectivity index (χ2n) is 4.57. The molecule has 0 saturated heterocycles. The molecule has 4 heteroatoms. The molecule has 2 N–H and O–H groups in total. The number of ether oxygens (including phenoxy) is 2. The van der Waals surface area contributed by atoms with Gasteiger partial charge in [-0.05, 0) is 42.3 Å². The maximum atomic E-state index is 9.86. The molecule has 2 aromatic carbocycles. The molecule has 0 radical (unpaired) electrons. The summed E-state index contributed by atoms with van der Waals surface area (Å²) >= 11 is 0. The van der Waals surface area contributed by atoms with Gasteiger partial charge in [0.15, 0.2) is 11.5 Å². The molecule has 106 valence electrons. The van der Waals surface area contributed by atoms with Gasteiger partial charge >= 0.3 is 0 Å². The normalized spacial score (nSPS) is 10.2. The van der Waals surface area contributed by atoms with E-state index in [1.54, 1.807) is 12.1 Å². The van der Waals surface area contributed by atoms with Crippen molar-refractivity contribution in [3.8, 4) is 17.2 Å². The van der Waals surface area contributed by atoms with Gasteiger partial charge in [-0.3, -0.25) is 0 Å². The first-order chi connectivity index (χ1) is 9.63. The van der Waals surface area contributed by atoms with Gasteiger partial charge in [0.1, 0.15) is 0 Å². The highest BCUT2D eigenvalue weighted by atomic mass is 16.5. The molecule has 0 saturated carbocycles. The Morgan fingerprint density at radius 3 is 2.25 bits per heavy atom. The summed E-state index contributed by atoms with van der Waals surface area (Å²) in [5.74, 6) is 0.838. The van der Waals surface area contributed by atoms with Crippen molar-refractivity contribution in [2.24, 2.45) is 0 Å². The van der Waals surface area contributed by atoms with Crippen molar-refractivity contribution >= 4 is 5.69 Å². The summed E-state index contributed by atoms with van der Waals surface area (Å²) in [7, 11) is 3.04. The topological polar surface area (TPSA) is 50.7 Å². The molecule has 0 bridgehead atoms. The fourth-order valence-electron chi connectivity index (χ4n) is 2.01. The van der Waals surface area contributed by atoms with E-state index >= 15 is 0 Å². The number of aryl methyl sites for hydroxylation is 1. The SMILES string of the molecule is COc1cc(CNc2cccc(C)c2)cc(OC)c1O. The second kappa shape index (κ2) is 6.19.